The van der Waals surface area contributed by atoms with Gasteiger partial charge in [-0.25, -0.2) is 4.39 Å². The quantitative estimate of drug-likeness (QED) is 0.770. The second-order valence-corrected chi connectivity index (χ2v) is 3.56. The van der Waals surface area contributed by atoms with Crippen LogP contribution in [0.4, 0.5) is 4.39 Å². The summed E-state index contributed by atoms with van der Waals surface area (Å²) < 4.78 is 12.9. The minimum absolute atomic E-state index is 0.0171. The van der Waals surface area contributed by atoms with Crippen LogP contribution in [0.3, 0.4) is 0 Å². The average Bonchev–Trinajstić information content (AvgIpc) is 2.13. The van der Waals surface area contributed by atoms with E-state index in [0.717, 1.165) is 0 Å². The lowest BCUT2D eigenvalue weighted by Crippen LogP contribution is -2.27. The SMILES string of the molecule is Cc1c(C(=O)C(C)N)ccc(F)c1Cl. The summed E-state index contributed by atoms with van der Waals surface area (Å²) in [6, 6.07) is 1.97. The van der Waals surface area contributed by atoms with Crippen molar-refractivity contribution in [1.82, 2.24) is 0 Å². The lowest BCUT2D eigenvalue weighted by atomic mass is 10.0. The van der Waals surface area contributed by atoms with Crippen molar-refractivity contribution in [3.8, 4) is 0 Å². The summed E-state index contributed by atoms with van der Waals surface area (Å²) in [5.74, 6) is -0.755. The van der Waals surface area contributed by atoms with Gasteiger partial charge in [-0.05, 0) is 31.5 Å². The summed E-state index contributed by atoms with van der Waals surface area (Å²) in [6.07, 6.45) is 0. The first-order valence-electron chi connectivity index (χ1n) is 4.19. The number of carbonyl (C=O) groups excluding carboxylic acids is 1. The molecule has 1 unspecified atom stereocenters. The number of hydrogen-bond acceptors (Lipinski definition) is 2. The summed E-state index contributed by atoms with van der Waals surface area (Å²) in [5, 5.41) is -0.0171. The number of carbonyl (C=O) groups is 1. The Morgan fingerprint density at radius 3 is 2.64 bits per heavy atom. The standard InChI is InChI=1S/C10H11ClFNO/c1-5-7(10(14)6(2)13)3-4-8(12)9(5)11/h3-4,6H,13H2,1-2H3. The van der Waals surface area contributed by atoms with Crippen LogP contribution in [-0.4, -0.2) is 11.8 Å². The third-order valence-electron chi connectivity index (χ3n) is 2.02. The second-order valence-electron chi connectivity index (χ2n) is 3.19. The first-order chi connectivity index (χ1) is 6.45. The molecule has 14 heavy (non-hydrogen) atoms. The van der Waals surface area contributed by atoms with E-state index in [1.54, 1.807) is 13.8 Å². The Labute approximate surface area is 86.9 Å². The Balaban J connectivity index is 3.24. The average molecular weight is 216 g/mol. The summed E-state index contributed by atoms with van der Waals surface area (Å²) in [4.78, 5) is 11.5. The number of halogens is 2. The fraction of sp³-hybridized carbons (Fsp3) is 0.300. The zero-order chi connectivity index (χ0) is 10.9. The van der Waals surface area contributed by atoms with Gasteiger partial charge in [-0.3, -0.25) is 4.79 Å². The highest BCUT2D eigenvalue weighted by Crippen LogP contribution is 2.23. The Bertz CT molecular complexity index is 377. The molecule has 0 bridgehead atoms. The highest BCUT2D eigenvalue weighted by Gasteiger charge is 2.16. The molecule has 2 N–H and O–H groups in total. The van der Waals surface area contributed by atoms with Gasteiger partial charge in [-0.2, -0.15) is 0 Å². The topological polar surface area (TPSA) is 43.1 Å². The zero-order valence-electron chi connectivity index (χ0n) is 7.97. The maximum Gasteiger partial charge on any atom is 0.179 e. The van der Waals surface area contributed by atoms with E-state index in [0.29, 0.717) is 11.1 Å². The molecular formula is C10H11ClFNO. The van der Waals surface area contributed by atoms with Crippen LogP contribution in [0.1, 0.15) is 22.8 Å². The molecule has 2 nitrogen and oxygen atoms in total. The van der Waals surface area contributed by atoms with Gasteiger partial charge in [0, 0.05) is 5.56 Å². The maximum atomic E-state index is 12.9. The first-order valence-corrected chi connectivity index (χ1v) is 4.57. The molecule has 0 heterocycles. The van der Waals surface area contributed by atoms with E-state index >= 15 is 0 Å². The van der Waals surface area contributed by atoms with Gasteiger partial charge in [-0.15, -0.1) is 0 Å². The zero-order valence-corrected chi connectivity index (χ0v) is 8.73. The van der Waals surface area contributed by atoms with Gasteiger partial charge in [0.05, 0.1) is 11.1 Å². The molecule has 4 heteroatoms. The Morgan fingerprint density at radius 1 is 1.57 bits per heavy atom. The molecule has 0 radical (unpaired) electrons. The number of rotatable bonds is 2. The number of nitrogens with two attached hydrogens (primary N) is 1. The predicted octanol–water partition coefficient (Wildman–Crippen LogP) is 2.32. The normalized spacial score (nSPS) is 12.6. The minimum Gasteiger partial charge on any atom is -0.321 e. The maximum absolute atomic E-state index is 12.9. The van der Waals surface area contributed by atoms with Crippen molar-refractivity contribution < 1.29 is 9.18 Å². The smallest absolute Gasteiger partial charge is 0.179 e. The van der Waals surface area contributed by atoms with Gasteiger partial charge in [0.1, 0.15) is 5.82 Å². The van der Waals surface area contributed by atoms with Crippen molar-refractivity contribution >= 4 is 17.4 Å². The molecule has 76 valence electrons. The van der Waals surface area contributed by atoms with Crippen molar-refractivity contribution in [2.75, 3.05) is 0 Å². The number of benzene rings is 1. The molecule has 0 aliphatic heterocycles. The van der Waals surface area contributed by atoms with E-state index in [-0.39, 0.29) is 10.8 Å². The Morgan fingerprint density at radius 2 is 2.14 bits per heavy atom. The van der Waals surface area contributed by atoms with Gasteiger partial charge in [0.2, 0.25) is 0 Å². The lowest BCUT2D eigenvalue weighted by molar-refractivity contribution is 0.0967. The number of hydrogen-bond donors (Lipinski definition) is 1. The van der Waals surface area contributed by atoms with Crippen LogP contribution < -0.4 is 5.73 Å². The van der Waals surface area contributed by atoms with Crippen LogP contribution in [-0.2, 0) is 0 Å². The number of Topliss-reactive ketones (excluding diaryl/α,β-unsaturated/α-hetero) is 1. The monoisotopic (exact) mass is 215 g/mol. The van der Waals surface area contributed by atoms with Gasteiger partial charge >= 0.3 is 0 Å². The molecule has 0 aliphatic rings. The molecule has 0 saturated carbocycles. The molecule has 0 fully saturated rings. The molecule has 1 atom stereocenters. The van der Waals surface area contributed by atoms with Gasteiger partial charge < -0.3 is 5.73 Å². The lowest BCUT2D eigenvalue weighted by Gasteiger charge is -2.09. The Kier molecular flexibility index (Phi) is 3.24. The van der Waals surface area contributed by atoms with Crippen LogP contribution >= 0.6 is 11.6 Å². The molecule has 0 spiro atoms. The third-order valence-corrected chi connectivity index (χ3v) is 2.48. The molecule has 0 aromatic heterocycles. The highest BCUT2D eigenvalue weighted by atomic mass is 35.5. The Hall–Kier alpha value is -0.930. The molecule has 1 aromatic rings. The fourth-order valence-electron chi connectivity index (χ4n) is 1.16. The van der Waals surface area contributed by atoms with Crippen molar-refractivity contribution in [3.05, 3.63) is 34.1 Å². The third kappa shape index (κ3) is 1.94. The molecule has 0 saturated heterocycles. The van der Waals surface area contributed by atoms with Crippen molar-refractivity contribution in [3.63, 3.8) is 0 Å². The largest absolute Gasteiger partial charge is 0.321 e. The summed E-state index contributed by atoms with van der Waals surface area (Å²) >= 11 is 5.66. The number of ketones is 1. The second kappa shape index (κ2) is 4.07. The van der Waals surface area contributed by atoms with Crippen LogP contribution in [0.2, 0.25) is 5.02 Å². The molecule has 0 aliphatic carbocycles. The highest BCUT2D eigenvalue weighted by molar-refractivity contribution is 6.32. The van der Waals surface area contributed by atoms with Crippen molar-refractivity contribution in [2.24, 2.45) is 5.73 Å². The predicted molar refractivity (Wildman–Crippen MR) is 54.1 cm³/mol. The van der Waals surface area contributed by atoms with Crippen LogP contribution in [0.5, 0.6) is 0 Å². The van der Waals surface area contributed by atoms with Crippen LogP contribution in [0.15, 0.2) is 12.1 Å². The fourth-order valence-corrected chi connectivity index (χ4v) is 1.33. The summed E-state index contributed by atoms with van der Waals surface area (Å²) in [6.45, 7) is 3.18. The van der Waals surface area contributed by atoms with Crippen molar-refractivity contribution in [1.29, 1.82) is 0 Å². The van der Waals surface area contributed by atoms with E-state index in [4.69, 9.17) is 17.3 Å². The van der Waals surface area contributed by atoms with Gasteiger partial charge in [0.15, 0.2) is 5.78 Å². The summed E-state index contributed by atoms with van der Waals surface area (Å²) in [7, 11) is 0. The van der Waals surface area contributed by atoms with E-state index in [1.165, 1.54) is 12.1 Å². The van der Waals surface area contributed by atoms with Crippen LogP contribution in [0, 0.1) is 12.7 Å². The molecular weight excluding hydrogens is 205 g/mol. The van der Waals surface area contributed by atoms with E-state index in [9.17, 15) is 9.18 Å². The van der Waals surface area contributed by atoms with E-state index < -0.39 is 11.9 Å². The van der Waals surface area contributed by atoms with E-state index in [1.807, 2.05) is 0 Å². The molecule has 1 aromatic carbocycles. The molecule has 0 amide bonds. The van der Waals surface area contributed by atoms with Crippen molar-refractivity contribution in [2.45, 2.75) is 19.9 Å². The van der Waals surface area contributed by atoms with Crippen LogP contribution in [0.25, 0.3) is 0 Å². The first kappa shape index (κ1) is 11.1. The minimum atomic E-state index is -0.602. The van der Waals surface area contributed by atoms with E-state index in [2.05, 4.69) is 0 Å². The van der Waals surface area contributed by atoms with Gasteiger partial charge in [-0.1, -0.05) is 11.6 Å². The van der Waals surface area contributed by atoms with Gasteiger partial charge in [0.25, 0.3) is 0 Å². The molecule has 1 rings (SSSR count). The summed E-state index contributed by atoms with van der Waals surface area (Å²) in [5.41, 5.74) is 6.26.